The van der Waals surface area contributed by atoms with Gasteiger partial charge in [0, 0.05) is 39.5 Å². The SMILES string of the molecule is c1ccc(-c2cccc(N(c3ccccc3)c3ccc(C4(c5ccc(N(c6ccccc6)c6cccc(-c7ccccc7)c6)cc5)CCCCC4)cc3)c2)cc1. The van der Waals surface area contributed by atoms with Crippen LogP contribution in [0.5, 0.6) is 0 Å². The Morgan fingerprint density at radius 2 is 0.589 bits per heavy atom. The molecule has 2 nitrogen and oxygen atoms in total. The lowest BCUT2D eigenvalue weighted by Gasteiger charge is -2.39. The summed E-state index contributed by atoms with van der Waals surface area (Å²) >= 11 is 0. The molecule has 8 aromatic carbocycles. The van der Waals surface area contributed by atoms with E-state index in [0.717, 1.165) is 47.0 Å². The Bertz CT molecular complexity index is 2300. The summed E-state index contributed by atoms with van der Waals surface area (Å²) < 4.78 is 0. The molecule has 0 unspecified atom stereocenters. The van der Waals surface area contributed by atoms with Crippen LogP contribution < -0.4 is 9.80 Å². The summed E-state index contributed by atoms with van der Waals surface area (Å²) in [6, 6.07) is 79.4. The first-order chi connectivity index (χ1) is 27.7. The first-order valence-electron chi connectivity index (χ1n) is 20.0. The molecule has 1 aliphatic carbocycles. The standard InChI is InChI=1S/C54H46N2/c1-6-18-42(19-7-1)44-22-16-28-52(40-44)55(48-24-10-3-11-25-48)50-34-30-46(31-35-50)54(38-14-5-15-39-54)47-32-36-51(37-33-47)56(49-26-12-4-13-27-49)53-29-17-23-45(41-53)43-20-8-2-9-21-43/h1-4,6-13,16-37,40-41H,5,14-15,38-39H2. The van der Waals surface area contributed by atoms with Crippen molar-refractivity contribution >= 4 is 34.1 Å². The molecular weight excluding hydrogens is 677 g/mol. The van der Waals surface area contributed by atoms with E-state index in [4.69, 9.17) is 0 Å². The quantitative estimate of drug-likeness (QED) is 0.139. The number of hydrogen-bond donors (Lipinski definition) is 0. The molecule has 1 saturated carbocycles. The number of benzene rings is 8. The Morgan fingerprint density at radius 3 is 0.982 bits per heavy atom. The van der Waals surface area contributed by atoms with Crippen LogP contribution >= 0.6 is 0 Å². The van der Waals surface area contributed by atoms with Crippen LogP contribution in [0.1, 0.15) is 43.2 Å². The maximum Gasteiger partial charge on any atom is 0.0467 e. The third-order valence-corrected chi connectivity index (χ3v) is 11.5. The summed E-state index contributed by atoms with van der Waals surface area (Å²) in [7, 11) is 0. The summed E-state index contributed by atoms with van der Waals surface area (Å²) in [5, 5.41) is 0. The highest BCUT2D eigenvalue weighted by Crippen LogP contribution is 2.47. The van der Waals surface area contributed by atoms with Gasteiger partial charge < -0.3 is 9.80 Å². The number of nitrogens with zero attached hydrogens (tertiary/aromatic N) is 2. The zero-order chi connectivity index (χ0) is 37.6. The van der Waals surface area contributed by atoms with Crippen LogP contribution in [0.25, 0.3) is 22.3 Å². The normalized spacial score (nSPS) is 13.5. The third kappa shape index (κ3) is 7.14. The van der Waals surface area contributed by atoms with E-state index in [0.29, 0.717) is 0 Å². The van der Waals surface area contributed by atoms with Crippen LogP contribution in [0, 0.1) is 0 Å². The number of anilines is 6. The predicted molar refractivity (Wildman–Crippen MR) is 237 cm³/mol. The monoisotopic (exact) mass is 722 g/mol. The van der Waals surface area contributed by atoms with Gasteiger partial charge in [0.05, 0.1) is 0 Å². The molecule has 0 heterocycles. The van der Waals surface area contributed by atoms with Gasteiger partial charge in [0.1, 0.15) is 0 Å². The van der Waals surface area contributed by atoms with E-state index in [1.807, 2.05) is 0 Å². The van der Waals surface area contributed by atoms with Gasteiger partial charge in [0.2, 0.25) is 0 Å². The van der Waals surface area contributed by atoms with E-state index >= 15 is 0 Å². The van der Waals surface area contributed by atoms with E-state index < -0.39 is 0 Å². The van der Waals surface area contributed by atoms with Crippen molar-refractivity contribution in [2.75, 3.05) is 9.80 Å². The summed E-state index contributed by atoms with van der Waals surface area (Å²) in [4.78, 5) is 4.76. The van der Waals surface area contributed by atoms with Crippen LogP contribution in [0.3, 0.4) is 0 Å². The van der Waals surface area contributed by atoms with Gasteiger partial charge in [0.15, 0.2) is 0 Å². The zero-order valence-corrected chi connectivity index (χ0v) is 31.7. The maximum absolute atomic E-state index is 2.40. The second kappa shape index (κ2) is 16.0. The van der Waals surface area contributed by atoms with Crippen molar-refractivity contribution in [2.45, 2.75) is 37.5 Å². The first-order valence-corrected chi connectivity index (χ1v) is 20.0. The van der Waals surface area contributed by atoms with Crippen LogP contribution in [-0.2, 0) is 5.41 Å². The lowest BCUT2D eigenvalue weighted by atomic mass is 9.65. The molecule has 0 N–H and O–H groups in total. The molecular formula is C54H46N2. The molecule has 1 fully saturated rings. The molecule has 2 heteroatoms. The minimum absolute atomic E-state index is 0.0368. The van der Waals surface area contributed by atoms with E-state index in [2.05, 4.69) is 228 Å². The largest absolute Gasteiger partial charge is 0.310 e. The highest BCUT2D eigenvalue weighted by molar-refractivity contribution is 5.81. The van der Waals surface area contributed by atoms with Crippen molar-refractivity contribution in [1.29, 1.82) is 0 Å². The first kappa shape index (κ1) is 35.1. The number of para-hydroxylation sites is 2. The Balaban J connectivity index is 1.07. The Morgan fingerprint density at radius 1 is 0.268 bits per heavy atom. The van der Waals surface area contributed by atoms with Crippen molar-refractivity contribution in [2.24, 2.45) is 0 Å². The number of hydrogen-bond acceptors (Lipinski definition) is 2. The Labute approximate surface area is 332 Å². The van der Waals surface area contributed by atoms with Gasteiger partial charge in [-0.3, -0.25) is 0 Å². The molecule has 0 spiro atoms. The molecule has 56 heavy (non-hydrogen) atoms. The van der Waals surface area contributed by atoms with Gasteiger partial charge in [-0.25, -0.2) is 0 Å². The van der Waals surface area contributed by atoms with Crippen LogP contribution in [0.2, 0.25) is 0 Å². The molecule has 8 aromatic rings. The van der Waals surface area contributed by atoms with Crippen molar-refractivity contribution in [3.63, 3.8) is 0 Å². The van der Waals surface area contributed by atoms with Gasteiger partial charge in [-0.1, -0.05) is 165 Å². The molecule has 272 valence electrons. The molecule has 9 rings (SSSR count). The van der Waals surface area contributed by atoms with Crippen LogP contribution in [-0.4, -0.2) is 0 Å². The van der Waals surface area contributed by atoms with Gasteiger partial charge >= 0.3 is 0 Å². The molecule has 0 saturated heterocycles. The highest BCUT2D eigenvalue weighted by atomic mass is 15.1. The van der Waals surface area contributed by atoms with Crippen molar-refractivity contribution in [1.82, 2.24) is 0 Å². The van der Waals surface area contributed by atoms with Crippen molar-refractivity contribution in [3.8, 4) is 22.3 Å². The molecule has 1 aliphatic rings. The Hall–Kier alpha value is -6.64. The van der Waals surface area contributed by atoms with E-state index in [1.54, 1.807) is 0 Å². The molecule has 0 radical (unpaired) electrons. The average Bonchev–Trinajstić information content (AvgIpc) is 3.29. The molecule has 0 amide bonds. The fraction of sp³-hybridized carbons (Fsp3) is 0.111. The molecule has 0 bridgehead atoms. The van der Waals surface area contributed by atoms with Gasteiger partial charge in [0.25, 0.3) is 0 Å². The predicted octanol–water partition coefficient (Wildman–Crippen LogP) is 15.2. The van der Waals surface area contributed by atoms with Crippen LogP contribution in [0.4, 0.5) is 34.1 Å². The summed E-state index contributed by atoms with van der Waals surface area (Å²) in [5.41, 5.74) is 14.5. The Kier molecular flexibility index (Phi) is 10.0. The average molecular weight is 723 g/mol. The lowest BCUT2D eigenvalue weighted by molar-refractivity contribution is 0.346. The zero-order valence-electron chi connectivity index (χ0n) is 31.7. The summed E-state index contributed by atoms with van der Waals surface area (Å²) in [6.07, 6.45) is 6.04. The second-order valence-corrected chi connectivity index (χ2v) is 14.9. The van der Waals surface area contributed by atoms with Gasteiger partial charge in [-0.2, -0.15) is 0 Å². The smallest absolute Gasteiger partial charge is 0.0467 e. The third-order valence-electron chi connectivity index (χ3n) is 11.5. The second-order valence-electron chi connectivity index (χ2n) is 14.9. The van der Waals surface area contributed by atoms with Crippen LogP contribution in [0.15, 0.2) is 218 Å². The van der Waals surface area contributed by atoms with Gasteiger partial charge in [-0.15, -0.1) is 0 Å². The summed E-state index contributed by atoms with van der Waals surface area (Å²) in [6.45, 7) is 0. The highest BCUT2D eigenvalue weighted by Gasteiger charge is 2.36. The minimum Gasteiger partial charge on any atom is -0.310 e. The van der Waals surface area contributed by atoms with Crippen molar-refractivity contribution < 1.29 is 0 Å². The lowest BCUT2D eigenvalue weighted by Crippen LogP contribution is -2.30. The molecule has 0 atom stereocenters. The topological polar surface area (TPSA) is 6.48 Å². The fourth-order valence-electron chi connectivity index (χ4n) is 8.72. The minimum atomic E-state index is -0.0368. The molecule has 0 aliphatic heterocycles. The fourth-order valence-corrected chi connectivity index (χ4v) is 8.72. The van der Waals surface area contributed by atoms with Gasteiger partial charge in [-0.05, 0) is 119 Å². The van der Waals surface area contributed by atoms with E-state index in [-0.39, 0.29) is 5.41 Å². The van der Waals surface area contributed by atoms with E-state index in [9.17, 15) is 0 Å². The molecule has 0 aromatic heterocycles. The van der Waals surface area contributed by atoms with Crippen molar-refractivity contribution in [3.05, 3.63) is 230 Å². The van der Waals surface area contributed by atoms with E-state index in [1.165, 1.54) is 52.6 Å². The number of rotatable bonds is 10. The summed E-state index contributed by atoms with van der Waals surface area (Å²) in [5.74, 6) is 0. The maximum atomic E-state index is 2.40.